The average Bonchev–Trinajstić information content (AvgIpc) is 2.44. The van der Waals surface area contributed by atoms with Gasteiger partial charge in [-0.15, -0.1) is 0 Å². The van der Waals surface area contributed by atoms with Crippen LogP contribution in [0.4, 0.5) is 0 Å². The molecule has 1 aromatic rings. The molecule has 2 unspecified atom stereocenters. The van der Waals surface area contributed by atoms with E-state index in [0.29, 0.717) is 17.9 Å². The van der Waals surface area contributed by atoms with E-state index < -0.39 is 6.10 Å². The molecule has 1 rings (SSSR count). The summed E-state index contributed by atoms with van der Waals surface area (Å²) in [6.45, 7) is 2.50. The van der Waals surface area contributed by atoms with E-state index in [-0.39, 0.29) is 19.3 Å². The van der Waals surface area contributed by atoms with Crippen LogP contribution in [0.5, 0.6) is 5.75 Å². The number of aliphatic hydroxyl groups excluding tert-OH is 2. The number of likely N-dealkylation sites (N-methyl/N-ethyl adjacent to an activating group) is 1. The van der Waals surface area contributed by atoms with Crippen LogP contribution in [-0.4, -0.2) is 54.1 Å². The van der Waals surface area contributed by atoms with E-state index in [0.717, 1.165) is 0 Å². The first kappa shape index (κ1) is 15.4. The SMILES string of the molecule is CC(CO)N(C)CC(O)COc1cccc(C#N)c1. The summed E-state index contributed by atoms with van der Waals surface area (Å²) in [5.41, 5.74) is 0.526. The lowest BCUT2D eigenvalue weighted by Gasteiger charge is -2.25. The highest BCUT2D eigenvalue weighted by atomic mass is 16.5. The Morgan fingerprint density at radius 3 is 2.84 bits per heavy atom. The summed E-state index contributed by atoms with van der Waals surface area (Å²) in [6.07, 6.45) is -0.648. The van der Waals surface area contributed by atoms with Crippen LogP contribution >= 0.6 is 0 Å². The molecule has 2 N–H and O–H groups in total. The quantitative estimate of drug-likeness (QED) is 0.754. The average molecular weight is 264 g/mol. The van der Waals surface area contributed by atoms with Crippen molar-refractivity contribution >= 4 is 0 Å². The van der Waals surface area contributed by atoms with Gasteiger partial charge in [-0.05, 0) is 32.2 Å². The molecule has 0 aliphatic heterocycles. The van der Waals surface area contributed by atoms with Crippen molar-refractivity contribution in [3.63, 3.8) is 0 Å². The summed E-state index contributed by atoms with van der Waals surface area (Å²) < 4.78 is 5.43. The minimum atomic E-state index is -0.648. The van der Waals surface area contributed by atoms with E-state index in [1.54, 1.807) is 24.3 Å². The Morgan fingerprint density at radius 1 is 1.47 bits per heavy atom. The number of ether oxygens (including phenoxy) is 1. The highest BCUT2D eigenvalue weighted by molar-refractivity contribution is 5.36. The van der Waals surface area contributed by atoms with E-state index in [1.807, 2.05) is 24.9 Å². The Hall–Kier alpha value is -1.61. The van der Waals surface area contributed by atoms with Crippen LogP contribution < -0.4 is 4.74 Å². The van der Waals surface area contributed by atoms with Gasteiger partial charge in [0.15, 0.2) is 0 Å². The molecule has 0 aliphatic rings. The molecular weight excluding hydrogens is 244 g/mol. The monoisotopic (exact) mass is 264 g/mol. The molecule has 104 valence electrons. The molecule has 0 radical (unpaired) electrons. The first-order valence-corrected chi connectivity index (χ1v) is 6.19. The van der Waals surface area contributed by atoms with E-state index >= 15 is 0 Å². The smallest absolute Gasteiger partial charge is 0.120 e. The lowest BCUT2D eigenvalue weighted by molar-refractivity contribution is 0.0543. The van der Waals surface area contributed by atoms with Crippen molar-refractivity contribution in [1.29, 1.82) is 5.26 Å². The molecule has 0 bridgehead atoms. The minimum absolute atomic E-state index is 0.00318. The Labute approximate surface area is 113 Å². The highest BCUT2D eigenvalue weighted by Crippen LogP contribution is 2.12. The molecule has 5 nitrogen and oxygen atoms in total. The van der Waals surface area contributed by atoms with Gasteiger partial charge in [0.1, 0.15) is 18.5 Å². The number of hydrogen-bond acceptors (Lipinski definition) is 5. The summed E-state index contributed by atoms with van der Waals surface area (Å²) in [5, 5.41) is 27.6. The van der Waals surface area contributed by atoms with Gasteiger partial charge in [0.05, 0.1) is 18.2 Å². The molecule has 0 fully saturated rings. The maximum Gasteiger partial charge on any atom is 0.120 e. The third kappa shape index (κ3) is 5.26. The van der Waals surface area contributed by atoms with Gasteiger partial charge >= 0.3 is 0 Å². The first-order valence-electron chi connectivity index (χ1n) is 6.19. The molecule has 0 aromatic heterocycles. The second kappa shape index (κ2) is 7.74. The van der Waals surface area contributed by atoms with Crippen molar-refractivity contribution < 1.29 is 14.9 Å². The number of rotatable bonds is 7. The third-order valence-corrected chi connectivity index (χ3v) is 2.92. The van der Waals surface area contributed by atoms with Crippen LogP contribution in [0, 0.1) is 11.3 Å². The molecule has 19 heavy (non-hydrogen) atoms. The first-order chi connectivity index (χ1) is 9.06. The van der Waals surface area contributed by atoms with Gasteiger partial charge in [0.2, 0.25) is 0 Å². The topological polar surface area (TPSA) is 76.7 Å². The van der Waals surface area contributed by atoms with Crippen LogP contribution in [0.2, 0.25) is 0 Å². The number of benzene rings is 1. The Morgan fingerprint density at radius 2 is 2.21 bits per heavy atom. The van der Waals surface area contributed by atoms with Crippen LogP contribution in [0.25, 0.3) is 0 Å². The van der Waals surface area contributed by atoms with Crippen molar-refractivity contribution in [2.45, 2.75) is 19.1 Å². The molecule has 0 saturated carbocycles. The normalized spacial score (nSPS) is 13.9. The molecule has 0 heterocycles. The number of hydrogen-bond donors (Lipinski definition) is 2. The molecule has 0 amide bonds. The molecule has 0 aliphatic carbocycles. The minimum Gasteiger partial charge on any atom is -0.491 e. The Balaban J connectivity index is 2.41. The summed E-state index contributed by atoms with van der Waals surface area (Å²) in [7, 11) is 1.83. The molecule has 1 aromatic carbocycles. The predicted octanol–water partition coefficient (Wildman–Crippen LogP) is 0.611. The van der Waals surface area contributed by atoms with Gasteiger partial charge < -0.3 is 14.9 Å². The zero-order valence-electron chi connectivity index (χ0n) is 11.3. The van der Waals surface area contributed by atoms with Crippen molar-refractivity contribution in [2.24, 2.45) is 0 Å². The van der Waals surface area contributed by atoms with Gasteiger partial charge in [-0.1, -0.05) is 6.07 Å². The maximum absolute atomic E-state index is 9.84. The lowest BCUT2D eigenvalue weighted by Crippen LogP contribution is -2.39. The zero-order chi connectivity index (χ0) is 14.3. The fourth-order valence-corrected chi connectivity index (χ4v) is 1.55. The van der Waals surface area contributed by atoms with Crippen molar-refractivity contribution in [3.8, 4) is 11.8 Å². The molecule has 2 atom stereocenters. The zero-order valence-corrected chi connectivity index (χ0v) is 11.3. The standard InChI is InChI=1S/C14H20N2O3/c1-11(9-17)16(2)8-13(18)10-19-14-5-3-4-12(6-14)7-15/h3-6,11,13,17-18H,8-10H2,1-2H3. The van der Waals surface area contributed by atoms with Gasteiger partial charge in [0, 0.05) is 12.6 Å². The Bertz CT molecular complexity index is 431. The number of nitriles is 1. The van der Waals surface area contributed by atoms with E-state index in [4.69, 9.17) is 15.1 Å². The summed E-state index contributed by atoms with van der Waals surface area (Å²) in [6, 6.07) is 8.83. The van der Waals surface area contributed by atoms with Crippen LogP contribution in [0.1, 0.15) is 12.5 Å². The number of aliphatic hydroxyl groups is 2. The predicted molar refractivity (Wildman–Crippen MR) is 71.8 cm³/mol. The lowest BCUT2D eigenvalue weighted by atomic mass is 10.2. The van der Waals surface area contributed by atoms with Gasteiger partial charge in [-0.3, -0.25) is 4.90 Å². The maximum atomic E-state index is 9.84. The summed E-state index contributed by atoms with van der Waals surface area (Å²) in [4.78, 5) is 1.86. The van der Waals surface area contributed by atoms with Crippen LogP contribution in [0.3, 0.4) is 0 Å². The van der Waals surface area contributed by atoms with E-state index in [9.17, 15) is 5.11 Å². The molecule has 5 heteroatoms. The van der Waals surface area contributed by atoms with E-state index in [2.05, 4.69) is 0 Å². The van der Waals surface area contributed by atoms with E-state index in [1.165, 1.54) is 0 Å². The van der Waals surface area contributed by atoms with Gasteiger partial charge in [-0.25, -0.2) is 0 Å². The largest absolute Gasteiger partial charge is 0.491 e. The van der Waals surface area contributed by atoms with Crippen molar-refractivity contribution in [3.05, 3.63) is 29.8 Å². The molecule has 0 saturated heterocycles. The second-order valence-electron chi connectivity index (χ2n) is 4.58. The van der Waals surface area contributed by atoms with Crippen molar-refractivity contribution in [1.82, 2.24) is 4.90 Å². The Kier molecular flexibility index (Phi) is 6.30. The van der Waals surface area contributed by atoms with Crippen molar-refractivity contribution in [2.75, 3.05) is 26.8 Å². The summed E-state index contributed by atoms with van der Waals surface area (Å²) >= 11 is 0. The number of nitrogens with zero attached hydrogens (tertiary/aromatic N) is 2. The molecular formula is C14H20N2O3. The van der Waals surface area contributed by atoms with Crippen LogP contribution in [0.15, 0.2) is 24.3 Å². The second-order valence-corrected chi connectivity index (χ2v) is 4.58. The fourth-order valence-electron chi connectivity index (χ4n) is 1.55. The summed E-state index contributed by atoms with van der Waals surface area (Å²) in [5.74, 6) is 0.566. The third-order valence-electron chi connectivity index (χ3n) is 2.92. The molecule has 0 spiro atoms. The van der Waals surface area contributed by atoms with Crippen LogP contribution in [-0.2, 0) is 0 Å². The van der Waals surface area contributed by atoms with Gasteiger partial charge in [-0.2, -0.15) is 5.26 Å². The fraction of sp³-hybridized carbons (Fsp3) is 0.500. The highest BCUT2D eigenvalue weighted by Gasteiger charge is 2.13. The van der Waals surface area contributed by atoms with Gasteiger partial charge in [0.25, 0.3) is 0 Å².